The molecule has 0 atom stereocenters. The van der Waals surface area contributed by atoms with Crippen molar-refractivity contribution >= 4 is 26.7 Å². The lowest BCUT2D eigenvalue weighted by molar-refractivity contribution is 0.602. The van der Waals surface area contributed by atoms with Crippen molar-refractivity contribution in [3.05, 3.63) is 71.5 Å². The summed E-state index contributed by atoms with van der Waals surface area (Å²) in [6, 6.07) is 14.3. The number of nitriles is 1. The average Bonchev–Trinajstić information content (AvgIpc) is 3.45. The van der Waals surface area contributed by atoms with Crippen LogP contribution in [0.3, 0.4) is 0 Å². The van der Waals surface area contributed by atoms with Crippen LogP contribution in [-0.4, -0.2) is 44.6 Å². The molecule has 0 amide bonds. The highest BCUT2D eigenvalue weighted by Gasteiger charge is 2.15. The highest BCUT2D eigenvalue weighted by molar-refractivity contribution is 7.90. The van der Waals surface area contributed by atoms with Gasteiger partial charge in [0.25, 0.3) is 0 Å². The quantitative estimate of drug-likeness (QED) is 0.385. The van der Waals surface area contributed by atoms with Gasteiger partial charge in [0.2, 0.25) is 5.95 Å². The van der Waals surface area contributed by atoms with E-state index in [-0.39, 0.29) is 10.8 Å². The molecule has 0 bridgehead atoms. The number of aromatic amines is 1. The van der Waals surface area contributed by atoms with Crippen LogP contribution in [0.15, 0.2) is 59.8 Å². The highest BCUT2D eigenvalue weighted by atomic mass is 32.2. The third-order valence-electron chi connectivity index (χ3n) is 5.77. The first-order valence-corrected chi connectivity index (χ1v) is 12.5. The standard InChI is InChI=1S/C24H20N8O2S/c1-14-15(10-25)4-3-5-18(14)21-9-22(29-24(26)28-21)23-13-32(31-30-23)12-16-11-27-20-7-6-17(8-19(16)20)35(2,33)34/h3-9,11,13,27H,12H2,1-2H3,(H2,26,28,29). The van der Waals surface area contributed by atoms with Crippen molar-refractivity contribution in [2.45, 2.75) is 18.4 Å². The lowest BCUT2D eigenvalue weighted by Gasteiger charge is -2.08. The van der Waals surface area contributed by atoms with Gasteiger partial charge in [0.05, 0.1) is 40.7 Å². The second-order valence-corrected chi connectivity index (χ2v) is 10.2. The number of rotatable bonds is 5. The molecule has 35 heavy (non-hydrogen) atoms. The molecule has 0 saturated heterocycles. The molecule has 0 aliphatic heterocycles. The van der Waals surface area contributed by atoms with E-state index in [0.29, 0.717) is 29.2 Å². The second kappa shape index (κ2) is 8.34. The Morgan fingerprint density at radius 2 is 1.91 bits per heavy atom. The van der Waals surface area contributed by atoms with E-state index < -0.39 is 9.84 Å². The third-order valence-corrected chi connectivity index (χ3v) is 6.88. The van der Waals surface area contributed by atoms with Crippen LogP contribution in [0.2, 0.25) is 0 Å². The Kier molecular flexibility index (Phi) is 5.30. The Hall–Kier alpha value is -4.56. The minimum Gasteiger partial charge on any atom is -0.368 e. The molecule has 0 aliphatic rings. The number of fused-ring (bicyclic) bond motifs is 1. The average molecular weight is 485 g/mol. The number of hydrogen-bond donors (Lipinski definition) is 2. The minimum atomic E-state index is -3.32. The Labute approximate surface area is 201 Å². The Balaban J connectivity index is 1.49. The van der Waals surface area contributed by atoms with E-state index in [9.17, 15) is 13.7 Å². The van der Waals surface area contributed by atoms with E-state index in [4.69, 9.17) is 5.73 Å². The third kappa shape index (κ3) is 4.22. The summed E-state index contributed by atoms with van der Waals surface area (Å²) in [6.45, 7) is 2.23. The van der Waals surface area contributed by atoms with Crippen molar-refractivity contribution in [3.8, 4) is 28.7 Å². The Morgan fingerprint density at radius 1 is 1.11 bits per heavy atom. The molecule has 5 rings (SSSR count). The van der Waals surface area contributed by atoms with E-state index >= 15 is 0 Å². The molecular formula is C24H20N8O2S. The van der Waals surface area contributed by atoms with Gasteiger partial charge in [0, 0.05) is 28.9 Å². The van der Waals surface area contributed by atoms with Gasteiger partial charge in [0.1, 0.15) is 5.69 Å². The number of nitrogens with one attached hydrogen (secondary N) is 1. The summed E-state index contributed by atoms with van der Waals surface area (Å²) in [5.74, 6) is 0.0822. The smallest absolute Gasteiger partial charge is 0.221 e. The predicted molar refractivity (Wildman–Crippen MR) is 131 cm³/mol. The van der Waals surface area contributed by atoms with Gasteiger partial charge in [-0.05, 0) is 48.4 Å². The molecule has 5 aromatic rings. The van der Waals surface area contributed by atoms with E-state index in [1.807, 2.05) is 19.2 Å². The minimum absolute atomic E-state index is 0.0822. The molecule has 3 aromatic heterocycles. The maximum Gasteiger partial charge on any atom is 0.221 e. The number of H-pyrrole nitrogens is 1. The monoisotopic (exact) mass is 484 g/mol. The summed E-state index contributed by atoms with van der Waals surface area (Å²) in [5.41, 5.74) is 11.4. The molecule has 0 radical (unpaired) electrons. The highest BCUT2D eigenvalue weighted by Crippen LogP contribution is 2.28. The van der Waals surface area contributed by atoms with Crippen molar-refractivity contribution in [2.75, 3.05) is 12.0 Å². The molecule has 3 N–H and O–H groups in total. The molecule has 10 nitrogen and oxygen atoms in total. The summed E-state index contributed by atoms with van der Waals surface area (Å²) in [6.07, 6.45) is 4.75. The van der Waals surface area contributed by atoms with Gasteiger partial charge in [-0.25, -0.2) is 23.1 Å². The van der Waals surface area contributed by atoms with Gasteiger partial charge < -0.3 is 10.7 Å². The van der Waals surface area contributed by atoms with Crippen molar-refractivity contribution in [3.63, 3.8) is 0 Å². The van der Waals surface area contributed by atoms with Crippen LogP contribution in [0.5, 0.6) is 0 Å². The lowest BCUT2D eigenvalue weighted by Crippen LogP contribution is -2.01. The van der Waals surface area contributed by atoms with Gasteiger partial charge >= 0.3 is 0 Å². The Bertz CT molecular complexity index is 1750. The molecular weight excluding hydrogens is 464 g/mol. The van der Waals surface area contributed by atoms with Crippen molar-refractivity contribution in [1.29, 1.82) is 5.26 Å². The van der Waals surface area contributed by atoms with Crippen molar-refractivity contribution in [1.82, 2.24) is 29.9 Å². The van der Waals surface area contributed by atoms with Gasteiger partial charge in [-0.1, -0.05) is 17.3 Å². The Morgan fingerprint density at radius 3 is 2.69 bits per heavy atom. The number of benzene rings is 2. The first kappa shape index (κ1) is 22.2. The fourth-order valence-electron chi connectivity index (χ4n) is 3.96. The maximum absolute atomic E-state index is 12.0. The topological polar surface area (TPSA) is 156 Å². The zero-order chi connectivity index (χ0) is 24.7. The van der Waals surface area contributed by atoms with Crippen molar-refractivity contribution < 1.29 is 8.42 Å². The molecule has 11 heteroatoms. The molecule has 0 fully saturated rings. The summed E-state index contributed by atoms with van der Waals surface area (Å²) in [4.78, 5) is 12.1. The number of nitrogens with zero attached hydrogens (tertiary/aromatic N) is 6. The second-order valence-electron chi connectivity index (χ2n) is 8.18. The molecule has 2 aromatic carbocycles. The number of nitrogens with two attached hydrogens (primary N) is 1. The summed E-state index contributed by atoms with van der Waals surface area (Å²) >= 11 is 0. The van der Waals surface area contributed by atoms with Gasteiger partial charge in [0.15, 0.2) is 9.84 Å². The maximum atomic E-state index is 12.0. The first-order chi connectivity index (χ1) is 16.7. The van der Waals surface area contributed by atoms with E-state index in [2.05, 4.69) is 31.3 Å². The normalized spacial score (nSPS) is 11.6. The van der Waals surface area contributed by atoms with Crippen molar-refractivity contribution in [2.24, 2.45) is 0 Å². The van der Waals surface area contributed by atoms with Gasteiger partial charge in [-0.3, -0.25) is 0 Å². The predicted octanol–water partition coefficient (Wildman–Crippen LogP) is 3.10. The lowest BCUT2D eigenvalue weighted by atomic mass is 10.00. The number of hydrogen-bond acceptors (Lipinski definition) is 8. The van der Waals surface area contributed by atoms with E-state index in [1.165, 1.54) is 6.26 Å². The molecule has 0 saturated carbocycles. The molecule has 174 valence electrons. The van der Waals surface area contributed by atoms with Crippen LogP contribution < -0.4 is 5.73 Å². The molecule has 0 unspecified atom stereocenters. The van der Waals surface area contributed by atoms with Crippen LogP contribution >= 0.6 is 0 Å². The van der Waals surface area contributed by atoms with Gasteiger partial charge in [-0.2, -0.15) is 5.26 Å². The van der Waals surface area contributed by atoms with Crippen LogP contribution in [0, 0.1) is 18.3 Å². The SMILES string of the molecule is Cc1c(C#N)cccc1-c1cc(-c2cn(Cc3c[nH]c4ccc(S(C)(=O)=O)cc34)nn2)nc(N)n1. The summed E-state index contributed by atoms with van der Waals surface area (Å²) in [5, 5.41) is 18.6. The summed E-state index contributed by atoms with van der Waals surface area (Å²) < 4.78 is 25.6. The van der Waals surface area contributed by atoms with Gasteiger partial charge in [-0.15, -0.1) is 5.10 Å². The zero-order valence-electron chi connectivity index (χ0n) is 18.9. The number of nitrogen functional groups attached to an aromatic ring is 1. The summed E-state index contributed by atoms with van der Waals surface area (Å²) in [7, 11) is -3.32. The zero-order valence-corrected chi connectivity index (χ0v) is 19.7. The number of sulfone groups is 1. The van der Waals surface area contributed by atoms with Crippen LogP contribution in [-0.2, 0) is 16.4 Å². The largest absolute Gasteiger partial charge is 0.368 e. The molecule has 0 spiro atoms. The number of aromatic nitrogens is 6. The number of anilines is 1. The van der Waals surface area contributed by atoms with Crippen LogP contribution in [0.25, 0.3) is 33.5 Å². The fourth-order valence-corrected chi connectivity index (χ4v) is 4.60. The first-order valence-electron chi connectivity index (χ1n) is 10.6. The molecule has 3 heterocycles. The molecule has 0 aliphatic carbocycles. The fraction of sp³-hybridized carbons (Fsp3) is 0.125. The van der Waals surface area contributed by atoms with Crippen LogP contribution in [0.1, 0.15) is 16.7 Å². The van der Waals surface area contributed by atoms with E-state index in [1.54, 1.807) is 47.3 Å². The van der Waals surface area contributed by atoms with Crippen LogP contribution in [0.4, 0.5) is 5.95 Å². The van der Waals surface area contributed by atoms with E-state index in [0.717, 1.165) is 27.6 Å².